The molecule has 0 rings (SSSR count). The molecular weight excluding hydrogens is 188 g/mol. The van der Waals surface area contributed by atoms with Crippen LogP contribution in [0.1, 0.15) is 32.6 Å². The Hall–Kier alpha value is -0.530. The number of unbranched alkanes of at least 4 members (excludes halogenated alkanes) is 2. The Labute approximate surface area is 80.6 Å². The van der Waals surface area contributed by atoms with Crippen molar-refractivity contribution in [3.05, 3.63) is 0 Å². The van der Waals surface area contributed by atoms with Crippen molar-refractivity contribution >= 4 is 10.1 Å². The fourth-order valence-electron chi connectivity index (χ4n) is 0.673. The molecule has 0 N–H and O–H groups in total. The summed E-state index contributed by atoms with van der Waals surface area (Å²) in [5.74, 6) is 5.93. The maximum Gasteiger partial charge on any atom is 0.264 e. The van der Waals surface area contributed by atoms with Gasteiger partial charge >= 0.3 is 0 Å². The summed E-state index contributed by atoms with van der Waals surface area (Å²) in [6.45, 7) is 2.31. The minimum absolute atomic E-state index is 0.236. The monoisotopic (exact) mass is 204 g/mol. The molecule has 0 aromatic rings. The molecule has 0 bridgehead atoms. The molecule has 0 unspecified atom stereocenters. The predicted molar refractivity (Wildman–Crippen MR) is 52.7 cm³/mol. The third kappa shape index (κ3) is 11.5. The first-order valence-corrected chi connectivity index (χ1v) is 6.18. The van der Waals surface area contributed by atoms with Gasteiger partial charge in [-0.2, -0.15) is 8.42 Å². The van der Waals surface area contributed by atoms with Gasteiger partial charge < -0.3 is 0 Å². The van der Waals surface area contributed by atoms with Crippen LogP contribution in [-0.2, 0) is 14.3 Å². The first-order valence-electron chi connectivity index (χ1n) is 4.36. The summed E-state index contributed by atoms with van der Waals surface area (Å²) in [7, 11) is -3.27. The van der Waals surface area contributed by atoms with Gasteiger partial charge in [0.15, 0.2) is 0 Å². The van der Waals surface area contributed by atoms with Crippen LogP contribution in [0.5, 0.6) is 0 Å². The van der Waals surface area contributed by atoms with Crippen molar-refractivity contribution in [2.75, 3.05) is 12.9 Å². The summed E-state index contributed by atoms with van der Waals surface area (Å²) in [5.41, 5.74) is 0. The summed E-state index contributed by atoms with van der Waals surface area (Å²) in [6.07, 6.45) is 4.40. The van der Waals surface area contributed by atoms with E-state index in [4.69, 9.17) is 0 Å². The first-order chi connectivity index (χ1) is 6.06. The van der Waals surface area contributed by atoms with Crippen LogP contribution in [0.2, 0.25) is 0 Å². The highest BCUT2D eigenvalue weighted by molar-refractivity contribution is 7.85. The van der Waals surface area contributed by atoms with Gasteiger partial charge in [-0.3, -0.25) is 4.18 Å². The Kier molecular flexibility index (Phi) is 6.65. The van der Waals surface area contributed by atoms with Gasteiger partial charge in [-0.05, 0) is 12.8 Å². The van der Waals surface area contributed by atoms with Crippen LogP contribution < -0.4 is 0 Å². The van der Waals surface area contributed by atoms with E-state index < -0.39 is 10.1 Å². The molecule has 3 nitrogen and oxygen atoms in total. The van der Waals surface area contributed by atoms with Gasteiger partial charge in [0, 0.05) is 12.8 Å². The average molecular weight is 204 g/mol. The average Bonchev–Trinajstić information content (AvgIpc) is 2.01. The zero-order valence-electron chi connectivity index (χ0n) is 8.17. The van der Waals surface area contributed by atoms with Crippen LogP contribution in [0.3, 0.4) is 0 Å². The van der Waals surface area contributed by atoms with Gasteiger partial charge in [0.1, 0.15) is 0 Å². The Morgan fingerprint density at radius 2 is 1.85 bits per heavy atom. The molecule has 76 valence electrons. The highest BCUT2D eigenvalue weighted by atomic mass is 32.2. The quantitative estimate of drug-likeness (QED) is 0.387. The predicted octanol–water partition coefficient (Wildman–Crippen LogP) is 1.55. The normalized spacial score (nSPS) is 10.6. The Balaban J connectivity index is 3.34. The molecule has 0 aromatic carbocycles. The van der Waals surface area contributed by atoms with E-state index in [0.717, 1.165) is 19.1 Å². The van der Waals surface area contributed by atoms with E-state index >= 15 is 0 Å². The molecule has 13 heavy (non-hydrogen) atoms. The molecule has 0 aromatic heterocycles. The first kappa shape index (κ1) is 12.5. The summed E-state index contributed by atoms with van der Waals surface area (Å²) in [4.78, 5) is 0. The number of rotatable bonds is 5. The lowest BCUT2D eigenvalue weighted by molar-refractivity contribution is 0.317. The minimum Gasteiger partial charge on any atom is -0.270 e. The molecule has 0 fully saturated rings. The fraction of sp³-hybridized carbons (Fsp3) is 0.778. The van der Waals surface area contributed by atoms with Crippen molar-refractivity contribution in [1.29, 1.82) is 0 Å². The third-order valence-electron chi connectivity index (χ3n) is 1.24. The third-order valence-corrected chi connectivity index (χ3v) is 1.84. The van der Waals surface area contributed by atoms with Crippen molar-refractivity contribution in [2.24, 2.45) is 0 Å². The molecule has 0 amide bonds. The molecule has 0 aliphatic carbocycles. The van der Waals surface area contributed by atoms with Crippen molar-refractivity contribution in [1.82, 2.24) is 0 Å². The van der Waals surface area contributed by atoms with Crippen LogP contribution in [0.25, 0.3) is 0 Å². The van der Waals surface area contributed by atoms with E-state index in [2.05, 4.69) is 22.9 Å². The van der Waals surface area contributed by atoms with Crippen LogP contribution in [0.4, 0.5) is 0 Å². The zero-order valence-corrected chi connectivity index (χ0v) is 8.99. The largest absolute Gasteiger partial charge is 0.270 e. The van der Waals surface area contributed by atoms with Crippen molar-refractivity contribution in [3.63, 3.8) is 0 Å². The molecule has 0 aliphatic heterocycles. The van der Waals surface area contributed by atoms with Crippen LogP contribution in [-0.4, -0.2) is 21.3 Å². The van der Waals surface area contributed by atoms with E-state index in [-0.39, 0.29) is 6.61 Å². The summed E-state index contributed by atoms with van der Waals surface area (Å²) >= 11 is 0. The molecule has 4 heteroatoms. The van der Waals surface area contributed by atoms with Gasteiger partial charge in [-0.15, -0.1) is 11.8 Å². The van der Waals surface area contributed by atoms with Crippen molar-refractivity contribution in [3.8, 4) is 11.8 Å². The minimum atomic E-state index is -3.27. The van der Waals surface area contributed by atoms with E-state index in [1.807, 2.05) is 0 Å². The number of hydrogen-bond donors (Lipinski definition) is 0. The second-order valence-electron chi connectivity index (χ2n) is 2.73. The Morgan fingerprint density at radius 1 is 1.23 bits per heavy atom. The second kappa shape index (κ2) is 6.93. The molecular formula is C9H16O3S. The number of hydrogen-bond acceptors (Lipinski definition) is 3. The Bertz CT molecular complexity index is 269. The Morgan fingerprint density at radius 3 is 2.38 bits per heavy atom. The van der Waals surface area contributed by atoms with E-state index in [1.54, 1.807) is 0 Å². The van der Waals surface area contributed by atoms with Gasteiger partial charge in [-0.1, -0.05) is 6.92 Å². The maximum absolute atomic E-state index is 10.5. The maximum atomic E-state index is 10.5. The van der Waals surface area contributed by atoms with Gasteiger partial charge in [0.05, 0.1) is 12.9 Å². The topological polar surface area (TPSA) is 43.4 Å². The van der Waals surface area contributed by atoms with Crippen LogP contribution in [0, 0.1) is 11.8 Å². The van der Waals surface area contributed by atoms with E-state index in [0.29, 0.717) is 12.8 Å². The molecule has 0 spiro atoms. The van der Waals surface area contributed by atoms with Crippen molar-refractivity contribution < 1.29 is 12.6 Å². The van der Waals surface area contributed by atoms with Gasteiger partial charge in [0.25, 0.3) is 10.1 Å². The SMILES string of the molecule is CCCC#CCCCOS(C)(=O)=O. The van der Waals surface area contributed by atoms with Gasteiger partial charge in [-0.25, -0.2) is 0 Å². The van der Waals surface area contributed by atoms with E-state index in [1.165, 1.54) is 0 Å². The van der Waals surface area contributed by atoms with Crippen LogP contribution in [0.15, 0.2) is 0 Å². The van der Waals surface area contributed by atoms with E-state index in [9.17, 15) is 8.42 Å². The molecule has 0 saturated heterocycles. The molecule has 0 aliphatic rings. The molecule has 0 atom stereocenters. The second-order valence-corrected chi connectivity index (χ2v) is 4.38. The summed E-state index contributed by atoms with van der Waals surface area (Å²) in [6, 6.07) is 0. The lowest BCUT2D eigenvalue weighted by atomic mass is 10.3. The summed E-state index contributed by atoms with van der Waals surface area (Å²) < 4.78 is 25.6. The zero-order chi connectivity index (χ0) is 10.2. The highest BCUT2D eigenvalue weighted by Gasteiger charge is 1.98. The smallest absolute Gasteiger partial charge is 0.264 e. The lowest BCUT2D eigenvalue weighted by Gasteiger charge is -1.96. The lowest BCUT2D eigenvalue weighted by Crippen LogP contribution is -2.03. The van der Waals surface area contributed by atoms with Crippen molar-refractivity contribution in [2.45, 2.75) is 32.6 Å². The highest BCUT2D eigenvalue weighted by Crippen LogP contribution is 1.93. The molecule has 0 saturated carbocycles. The van der Waals surface area contributed by atoms with Crippen LogP contribution >= 0.6 is 0 Å². The summed E-state index contributed by atoms with van der Waals surface area (Å²) in [5, 5.41) is 0. The molecule has 0 radical (unpaired) electrons. The fourth-order valence-corrected chi connectivity index (χ4v) is 1.09. The standard InChI is InChI=1S/C9H16O3S/c1-3-4-5-6-7-8-9-12-13(2,10)11/h3-4,7-9H2,1-2H3. The molecule has 0 heterocycles. The van der Waals surface area contributed by atoms with Gasteiger partial charge in [0.2, 0.25) is 0 Å².